The van der Waals surface area contributed by atoms with E-state index in [-0.39, 0.29) is 24.1 Å². The van der Waals surface area contributed by atoms with Crippen LogP contribution in [0.15, 0.2) is 24.3 Å². The average Bonchev–Trinajstić information content (AvgIpc) is 3.24. The molecule has 0 aliphatic carbocycles. The molecule has 2 fully saturated rings. The number of nitrogens with two attached hydrogens (primary N) is 1. The van der Waals surface area contributed by atoms with E-state index in [1.807, 2.05) is 19.1 Å². The Bertz CT molecular complexity index is 870. The molecule has 4 rings (SSSR count). The molecule has 8 nitrogen and oxygen atoms in total. The summed E-state index contributed by atoms with van der Waals surface area (Å²) < 4.78 is 0. The van der Waals surface area contributed by atoms with Crippen LogP contribution in [0.25, 0.3) is 0 Å². The molecule has 0 bridgehead atoms. The zero-order chi connectivity index (χ0) is 20.1. The van der Waals surface area contributed by atoms with Crippen LogP contribution in [0.3, 0.4) is 0 Å². The molecule has 4 N–H and O–H groups in total. The normalized spacial score (nSPS) is 30.7. The molecule has 0 unspecified atom stereocenters. The second kappa shape index (κ2) is 6.70. The number of likely N-dealkylation sites (tertiary alicyclic amines) is 1. The summed E-state index contributed by atoms with van der Waals surface area (Å²) in [7, 11) is 0. The van der Waals surface area contributed by atoms with Gasteiger partial charge in [-0.05, 0) is 18.9 Å². The minimum absolute atomic E-state index is 0.0800. The number of nitrogens with one attached hydrogen (secondary N) is 2. The van der Waals surface area contributed by atoms with E-state index in [1.165, 1.54) is 4.90 Å². The highest BCUT2D eigenvalue weighted by molar-refractivity contribution is 6.15. The predicted octanol–water partition coefficient (Wildman–Crippen LogP) is 0.473. The number of para-hydroxylation sites is 1. The van der Waals surface area contributed by atoms with Gasteiger partial charge in [0.2, 0.25) is 23.6 Å². The van der Waals surface area contributed by atoms with E-state index >= 15 is 0 Å². The van der Waals surface area contributed by atoms with Crippen molar-refractivity contribution < 1.29 is 19.2 Å². The number of imide groups is 1. The number of benzene rings is 1. The van der Waals surface area contributed by atoms with Gasteiger partial charge in [-0.25, -0.2) is 0 Å². The number of rotatable bonds is 6. The second-order valence-corrected chi connectivity index (χ2v) is 7.75. The Morgan fingerprint density at radius 1 is 1.21 bits per heavy atom. The second-order valence-electron chi connectivity index (χ2n) is 7.75. The van der Waals surface area contributed by atoms with Gasteiger partial charge in [-0.3, -0.25) is 29.4 Å². The number of hydrogen-bond donors (Lipinski definition) is 3. The maximum absolute atomic E-state index is 13.3. The summed E-state index contributed by atoms with van der Waals surface area (Å²) in [5.41, 5.74) is 5.33. The van der Waals surface area contributed by atoms with Gasteiger partial charge in [0.05, 0.1) is 11.8 Å². The van der Waals surface area contributed by atoms with E-state index in [9.17, 15) is 19.2 Å². The van der Waals surface area contributed by atoms with Crippen molar-refractivity contribution in [2.24, 2.45) is 17.6 Å². The Morgan fingerprint density at radius 2 is 1.96 bits per heavy atom. The lowest BCUT2D eigenvalue weighted by atomic mass is 9.76. The third-order valence-corrected chi connectivity index (χ3v) is 6.15. The molecule has 4 atom stereocenters. The van der Waals surface area contributed by atoms with Gasteiger partial charge in [0, 0.05) is 30.3 Å². The average molecular weight is 384 g/mol. The molecule has 28 heavy (non-hydrogen) atoms. The van der Waals surface area contributed by atoms with Gasteiger partial charge < -0.3 is 11.1 Å². The van der Waals surface area contributed by atoms with Crippen molar-refractivity contribution in [2.45, 2.75) is 44.2 Å². The molecule has 3 aliphatic heterocycles. The maximum atomic E-state index is 13.3. The monoisotopic (exact) mass is 384 g/mol. The van der Waals surface area contributed by atoms with E-state index in [0.29, 0.717) is 30.6 Å². The smallest absolute Gasteiger partial charge is 0.250 e. The van der Waals surface area contributed by atoms with Gasteiger partial charge in [-0.1, -0.05) is 31.5 Å². The van der Waals surface area contributed by atoms with Crippen molar-refractivity contribution in [3.05, 3.63) is 29.8 Å². The molecule has 1 aromatic carbocycles. The molecule has 0 saturated carbocycles. The van der Waals surface area contributed by atoms with Crippen molar-refractivity contribution in [1.29, 1.82) is 0 Å². The summed E-state index contributed by atoms with van der Waals surface area (Å²) in [6.07, 6.45) is 1.95. The van der Waals surface area contributed by atoms with Gasteiger partial charge in [-0.15, -0.1) is 0 Å². The molecule has 4 amide bonds. The van der Waals surface area contributed by atoms with Crippen LogP contribution < -0.4 is 16.4 Å². The highest BCUT2D eigenvalue weighted by Crippen LogP contribution is 2.53. The number of unbranched alkanes of at least 4 members (excludes halogenated alkanes) is 1. The first-order valence-corrected chi connectivity index (χ1v) is 9.74. The van der Waals surface area contributed by atoms with Crippen molar-refractivity contribution >= 4 is 29.3 Å². The zero-order valence-electron chi connectivity index (χ0n) is 15.7. The zero-order valence-corrected chi connectivity index (χ0v) is 15.7. The fourth-order valence-corrected chi connectivity index (χ4v) is 4.90. The number of nitrogens with zero attached hydrogens (tertiary/aromatic N) is 1. The van der Waals surface area contributed by atoms with Crippen LogP contribution >= 0.6 is 0 Å². The first-order chi connectivity index (χ1) is 13.4. The van der Waals surface area contributed by atoms with Crippen molar-refractivity contribution in [3.63, 3.8) is 0 Å². The highest BCUT2D eigenvalue weighted by atomic mass is 16.2. The Kier molecular flexibility index (Phi) is 4.45. The largest absolute Gasteiger partial charge is 0.370 e. The maximum Gasteiger partial charge on any atom is 0.250 e. The van der Waals surface area contributed by atoms with Crippen molar-refractivity contribution in [2.75, 3.05) is 11.9 Å². The van der Waals surface area contributed by atoms with Crippen LogP contribution in [0, 0.1) is 11.8 Å². The number of amides is 4. The number of hydrogen-bond acceptors (Lipinski definition) is 5. The van der Waals surface area contributed by atoms with Crippen LogP contribution in [0.1, 0.15) is 38.2 Å². The molecule has 3 heterocycles. The number of primary amides is 1. The minimum Gasteiger partial charge on any atom is -0.370 e. The minimum atomic E-state index is -1.29. The lowest BCUT2D eigenvalue weighted by molar-refractivity contribution is -0.143. The fraction of sp³-hybridized carbons (Fsp3) is 0.500. The highest BCUT2D eigenvalue weighted by Gasteiger charge is 2.70. The SMILES string of the molecule is CCCCN1C(=O)[C@H]2[C@@H](C1=O)[C@]1(N[C@@H]2CCC(N)=O)C(=O)Nc2ccccc21. The summed E-state index contributed by atoms with van der Waals surface area (Å²) in [4.78, 5) is 52.2. The molecule has 1 spiro atoms. The molecule has 148 valence electrons. The number of carbonyl (C=O) groups excluding carboxylic acids is 4. The standard InChI is InChI=1S/C20H24N4O4/c1-2-3-10-24-17(26)15-13(8-9-14(21)25)23-20(16(15)18(24)27)11-6-4-5-7-12(11)22-19(20)28/h4-7,13,15-16,23H,2-3,8-10H2,1H3,(H2,21,25)(H,22,28)/t13-,15-,16+,20+/m1/s1. The quantitative estimate of drug-likeness (QED) is 0.616. The van der Waals surface area contributed by atoms with Crippen LogP contribution in [0.5, 0.6) is 0 Å². The summed E-state index contributed by atoms with van der Waals surface area (Å²) in [6, 6.07) is 6.73. The number of fused-ring (bicyclic) bond motifs is 4. The van der Waals surface area contributed by atoms with E-state index in [1.54, 1.807) is 12.1 Å². The Balaban J connectivity index is 1.79. The molecular formula is C20H24N4O4. The molecule has 0 radical (unpaired) electrons. The van der Waals surface area contributed by atoms with E-state index in [2.05, 4.69) is 10.6 Å². The van der Waals surface area contributed by atoms with Gasteiger partial charge in [0.15, 0.2) is 0 Å². The first kappa shape index (κ1) is 18.6. The topological polar surface area (TPSA) is 122 Å². The molecule has 3 aliphatic rings. The van der Waals surface area contributed by atoms with E-state index < -0.39 is 29.3 Å². The van der Waals surface area contributed by atoms with Gasteiger partial charge in [0.1, 0.15) is 5.54 Å². The predicted molar refractivity (Wildman–Crippen MR) is 101 cm³/mol. The fourth-order valence-electron chi connectivity index (χ4n) is 4.90. The number of carbonyl (C=O) groups is 4. The first-order valence-electron chi connectivity index (χ1n) is 9.74. The summed E-state index contributed by atoms with van der Waals surface area (Å²) in [6.45, 7) is 2.34. The van der Waals surface area contributed by atoms with Crippen LogP contribution in [-0.2, 0) is 24.7 Å². The van der Waals surface area contributed by atoms with Gasteiger partial charge >= 0.3 is 0 Å². The van der Waals surface area contributed by atoms with Crippen LogP contribution in [0.2, 0.25) is 0 Å². The van der Waals surface area contributed by atoms with Crippen molar-refractivity contribution in [3.8, 4) is 0 Å². The van der Waals surface area contributed by atoms with E-state index in [0.717, 1.165) is 6.42 Å². The molecule has 1 aromatic rings. The summed E-state index contributed by atoms with van der Waals surface area (Å²) in [5.74, 6) is -2.89. The van der Waals surface area contributed by atoms with Crippen LogP contribution in [-0.4, -0.2) is 41.1 Å². The molecule has 2 saturated heterocycles. The van der Waals surface area contributed by atoms with Crippen LogP contribution in [0.4, 0.5) is 5.69 Å². The summed E-state index contributed by atoms with van der Waals surface area (Å²) >= 11 is 0. The Morgan fingerprint density at radius 3 is 2.68 bits per heavy atom. The summed E-state index contributed by atoms with van der Waals surface area (Å²) in [5, 5.41) is 6.13. The molecule has 8 heteroatoms. The van der Waals surface area contributed by atoms with E-state index in [4.69, 9.17) is 5.73 Å². The Hall–Kier alpha value is -2.74. The molecular weight excluding hydrogens is 360 g/mol. The number of anilines is 1. The Labute approximate surface area is 162 Å². The lowest BCUT2D eigenvalue weighted by Gasteiger charge is -2.29. The van der Waals surface area contributed by atoms with Crippen molar-refractivity contribution in [1.82, 2.24) is 10.2 Å². The third kappa shape index (κ3) is 2.47. The lowest BCUT2D eigenvalue weighted by Crippen LogP contribution is -2.53. The molecule has 0 aromatic heterocycles. The van der Waals surface area contributed by atoms with Gasteiger partial charge in [-0.2, -0.15) is 0 Å². The van der Waals surface area contributed by atoms with Gasteiger partial charge in [0.25, 0.3) is 0 Å². The third-order valence-electron chi connectivity index (χ3n) is 6.15.